The molecule has 0 bridgehead atoms. The Morgan fingerprint density at radius 1 is 1.21 bits per heavy atom. The fourth-order valence-corrected chi connectivity index (χ4v) is 4.61. The van der Waals surface area contributed by atoms with Crippen molar-refractivity contribution < 1.29 is 23.4 Å². The van der Waals surface area contributed by atoms with Crippen molar-refractivity contribution in [3.63, 3.8) is 0 Å². The minimum Gasteiger partial charge on any atom is -0.508 e. The van der Waals surface area contributed by atoms with Crippen molar-refractivity contribution in [3.8, 4) is 11.5 Å². The molecule has 7 nitrogen and oxygen atoms in total. The summed E-state index contributed by atoms with van der Waals surface area (Å²) in [5.41, 5.74) is 0.613. The van der Waals surface area contributed by atoms with Crippen LogP contribution >= 0.6 is 0 Å². The van der Waals surface area contributed by atoms with Crippen LogP contribution in [0.5, 0.6) is 11.5 Å². The summed E-state index contributed by atoms with van der Waals surface area (Å²) in [6.07, 6.45) is 1.23. The molecule has 0 aliphatic carbocycles. The summed E-state index contributed by atoms with van der Waals surface area (Å²) in [6.45, 7) is 3.69. The first kappa shape index (κ1) is 21.6. The molecule has 0 spiro atoms. The first-order valence-electron chi connectivity index (χ1n) is 9.83. The summed E-state index contributed by atoms with van der Waals surface area (Å²) >= 11 is 0. The lowest BCUT2D eigenvalue weighted by atomic mass is 10.1. The van der Waals surface area contributed by atoms with Crippen LogP contribution in [0.1, 0.15) is 31.4 Å². The lowest BCUT2D eigenvalue weighted by Gasteiger charge is -2.39. The van der Waals surface area contributed by atoms with Crippen molar-refractivity contribution in [2.24, 2.45) is 0 Å². The fourth-order valence-electron chi connectivity index (χ4n) is 3.08. The second-order valence-electron chi connectivity index (χ2n) is 7.21. The predicted octanol–water partition coefficient (Wildman–Crippen LogP) is 2.27. The molecule has 1 saturated heterocycles. The van der Waals surface area contributed by atoms with Gasteiger partial charge < -0.3 is 20.3 Å². The van der Waals surface area contributed by atoms with E-state index in [4.69, 9.17) is 4.74 Å². The lowest BCUT2D eigenvalue weighted by Crippen LogP contribution is -2.60. The number of phenolic OH excluding ortho intramolecular Hbond substituents is 1. The molecule has 1 aliphatic heterocycles. The van der Waals surface area contributed by atoms with Gasteiger partial charge in [-0.1, -0.05) is 25.5 Å². The van der Waals surface area contributed by atoms with E-state index in [1.54, 1.807) is 42.5 Å². The van der Waals surface area contributed by atoms with Gasteiger partial charge in [-0.15, -0.1) is 0 Å². The van der Waals surface area contributed by atoms with Crippen LogP contribution in [0.4, 0.5) is 0 Å². The van der Waals surface area contributed by atoms with Crippen molar-refractivity contribution in [2.45, 2.75) is 36.8 Å². The van der Waals surface area contributed by atoms with Crippen LogP contribution < -0.4 is 10.1 Å². The van der Waals surface area contributed by atoms with Crippen LogP contribution in [0.3, 0.4) is 0 Å². The average Bonchev–Trinajstić information content (AvgIpc) is 2.67. The molecule has 0 aromatic heterocycles. The van der Waals surface area contributed by atoms with Crippen molar-refractivity contribution in [1.82, 2.24) is 9.62 Å². The number of benzene rings is 2. The van der Waals surface area contributed by atoms with Gasteiger partial charge in [-0.2, -0.15) is 4.31 Å². The fraction of sp³-hybridized carbons (Fsp3) is 0.429. The number of sulfonamides is 1. The van der Waals surface area contributed by atoms with Crippen molar-refractivity contribution in [1.29, 1.82) is 0 Å². The maximum Gasteiger partial charge on any atom is 0.243 e. The van der Waals surface area contributed by atoms with Crippen LogP contribution in [0.25, 0.3) is 0 Å². The zero-order valence-corrected chi connectivity index (χ0v) is 17.3. The Balaban J connectivity index is 1.48. The van der Waals surface area contributed by atoms with E-state index >= 15 is 0 Å². The number of unbranched alkanes of at least 4 members (excludes halogenated alkanes) is 1. The third-order valence-corrected chi connectivity index (χ3v) is 6.78. The number of aliphatic hydroxyl groups excluding tert-OH is 1. The third-order valence-electron chi connectivity index (χ3n) is 4.93. The molecule has 2 aromatic carbocycles. The third kappa shape index (κ3) is 5.48. The quantitative estimate of drug-likeness (QED) is 0.510. The number of ether oxygens (including phenoxy) is 1. The standard InChI is InChI=1S/C21H28N2O5S/c1-2-3-11-28-19-7-9-20(10-8-19)29(26,27)23-14-17(15-23)22-13-21(25)16-5-4-6-18(24)12-16/h4-10,12,17,21-22,24-25H,2-3,11,13-15H2,1H3. The first-order chi connectivity index (χ1) is 13.9. The van der Waals surface area contributed by atoms with Crippen LogP contribution in [0.2, 0.25) is 0 Å². The summed E-state index contributed by atoms with van der Waals surface area (Å²) in [4.78, 5) is 0.249. The van der Waals surface area contributed by atoms with E-state index < -0.39 is 16.1 Å². The zero-order valence-electron chi connectivity index (χ0n) is 16.5. The maximum absolute atomic E-state index is 12.7. The Morgan fingerprint density at radius 2 is 1.93 bits per heavy atom. The van der Waals surface area contributed by atoms with E-state index in [0.29, 0.717) is 31.0 Å². The Bertz CT molecular complexity index is 896. The molecular formula is C21H28N2O5S. The Kier molecular flexibility index (Phi) is 7.13. The second kappa shape index (κ2) is 9.58. The van der Waals surface area contributed by atoms with Crippen LogP contribution in [0, 0.1) is 0 Å². The van der Waals surface area contributed by atoms with Gasteiger partial charge in [-0.05, 0) is 48.4 Å². The van der Waals surface area contributed by atoms with Crippen molar-refractivity contribution >= 4 is 10.0 Å². The van der Waals surface area contributed by atoms with Gasteiger partial charge in [0.05, 0.1) is 17.6 Å². The molecular weight excluding hydrogens is 392 g/mol. The molecule has 3 N–H and O–H groups in total. The van der Waals surface area contributed by atoms with Gasteiger partial charge in [-0.25, -0.2) is 8.42 Å². The zero-order chi connectivity index (χ0) is 20.9. The monoisotopic (exact) mass is 420 g/mol. The summed E-state index contributed by atoms with van der Waals surface area (Å²) in [5.74, 6) is 0.769. The Hall–Kier alpha value is -2.13. The minimum atomic E-state index is -3.53. The summed E-state index contributed by atoms with van der Waals surface area (Å²) < 4.78 is 32.4. The minimum absolute atomic E-state index is 0.0200. The van der Waals surface area contributed by atoms with E-state index in [9.17, 15) is 18.6 Å². The SMILES string of the molecule is CCCCOc1ccc(S(=O)(=O)N2CC(NCC(O)c3cccc(O)c3)C2)cc1. The molecule has 29 heavy (non-hydrogen) atoms. The highest BCUT2D eigenvalue weighted by Crippen LogP contribution is 2.24. The highest BCUT2D eigenvalue weighted by Gasteiger charge is 2.36. The molecule has 2 aromatic rings. The van der Waals surface area contributed by atoms with Gasteiger partial charge in [0, 0.05) is 25.7 Å². The van der Waals surface area contributed by atoms with E-state index in [1.165, 1.54) is 10.4 Å². The summed E-state index contributed by atoms with van der Waals surface area (Å²) in [6, 6.07) is 13.0. The summed E-state index contributed by atoms with van der Waals surface area (Å²) in [7, 11) is -3.53. The molecule has 8 heteroatoms. The summed E-state index contributed by atoms with van der Waals surface area (Å²) in [5, 5.41) is 22.9. The largest absolute Gasteiger partial charge is 0.508 e. The van der Waals surface area contributed by atoms with Crippen molar-refractivity contribution in [3.05, 3.63) is 54.1 Å². The molecule has 0 radical (unpaired) electrons. The van der Waals surface area contributed by atoms with Gasteiger partial charge >= 0.3 is 0 Å². The average molecular weight is 421 g/mol. The number of nitrogens with one attached hydrogen (secondary N) is 1. The molecule has 158 valence electrons. The number of aliphatic hydroxyl groups is 1. The molecule has 0 amide bonds. The Labute approximate surface area is 172 Å². The normalized spacial score (nSPS) is 16.3. The highest BCUT2D eigenvalue weighted by molar-refractivity contribution is 7.89. The van der Waals surface area contributed by atoms with E-state index in [0.717, 1.165) is 12.8 Å². The second-order valence-corrected chi connectivity index (χ2v) is 9.15. The predicted molar refractivity (Wildman–Crippen MR) is 110 cm³/mol. The van der Waals surface area contributed by atoms with Gasteiger partial charge in [0.25, 0.3) is 0 Å². The number of rotatable bonds is 10. The molecule has 1 heterocycles. The van der Waals surface area contributed by atoms with E-state index in [-0.39, 0.29) is 23.2 Å². The molecule has 3 rings (SSSR count). The first-order valence-corrected chi connectivity index (χ1v) is 11.3. The molecule has 1 aliphatic rings. The van der Waals surface area contributed by atoms with E-state index in [2.05, 4.69) is 12.2 Å². The molecule has 1 atom stereocenters. The van der Waals surface area contributed by atoms with Gasteiger partial charge in [0.15, 0.2) is 0 Å². The lowest BCUT2D eigenvalue weighted by molar-refractivity contribution is 0.149. The van der Waals surface area contributed by atoms with Gasteiger partial charge in [0.2, 0.25) is 10.0 Å². The molecule has 1 fully saturated rings. The smallest absolute Gasteiger partial charge is 0.243 e. The number of nitrogens with zero attached hydrogens (tertiary/aromatic N) is 1. The molecule has 1 unspecified atom stereocenters. The van der Waals surface area contributed by atoms with Crippen LogP contribution in [-0.4, -0.2) is 55.2 Å². The maximum atomic E-state index is 12.7. The number of aromatic hydroxyl groups is 1. The highest BCUT2D eigenvalue weighted by atomic mass is 32.2. The van der Waals surface area contributed by atoms with Gasteiger partial charge in [-0.3, -0.25) is 0 Å². The number of phenols is 1. The Morgan fingerprint density at radius 3 is 2.59 bits per heavy atom. The van der Waals surface area contributed by atoms with Crippen molar-refractivity contribution in [2.75, 3.05) is 26.2 Å². The number of hydrogen-bond acceptors (Lipinski definition) is 6. The molecule has 0 saturated carbocycles. The van der Waals surface area contributed by atoms with Crippen LogP contribution in [0.15, 0.2) is 53.4 Å². The number of hydrogen-bond donors (Lipinski definition) is 3. The van der Waals surface area contributed by atoms with Gasteiger partial charge in [0.1, 0.15) is 11.5 Å². The van der Waals surface area contributed by atoms with E-state index in [1.807, 2.05) is 0 Å². The van der Waals surface area contributed by atoms with Crippen LogP contribution in [-0.2, 0) is 10.0 Å². The topological polar surface area (TPSA) is 99.1 Å².